The van der Waals surface area contributed by atoms with Gasteiger partial charge < -0.3 is 5.32 Å². The number of rotatable bonds is 5. The average molecular weight is 265 g/mol. The zero-order valence-electron chi connectivity index (χ0n) is 11.6. The van der Waals surface area contributed by atoms with Crippen molar-refractivity contribution >= 4 is 16.6 Å². The fraction of sp³-hybridized carbons (Fsp3) is 0.235. The van der Waals surface area contributed by atoms with Gasteiger partial charge >= 0.3 is 0 Å². The maximum atomic E-state index is 4.04. The van der Waals surface area contributed by atoms with E-state index in [-0.39, 0.29) is 0 Å². The maximum absolute atomic E-state index is 4.04. The van der Waals surface area contributed by atoms with Gasteiger partial charge in [-0.15, -0.1) is 0 Å². The van der Waals surface area contributed by atoms with Crippen LogP contribution in [0.4, 0.5) is 5.69 Å². The van der Waals surface area contributed by atoms with Gasteiger partial charge in [0.05, 0.1) is 11.7 Å². The van der Waals surface area contributed by atoms with E-state index < -0.39 is 0 Å². The summed E-state index contributed by atoms with van der Waals surface area (Å²) in [5.74, 6) is 0.571. The third kappa shape index (κ3) is 2.82. The largest absolute Gasteiger partial charge is 0.385 e. The summed E-state index contributed by atoms with van der Waals surface area (Å²) in [7, 11) is 0. The van der Waals surface area contributed by atoms with E-state index in [1.165, 1.54) is 5.56 Å². The van der Waals surface area contributed by atoms with E-state index in [2.05, 4.69) is 71.0 Å². The van der Waals surface area contributed by atoms with E-state index in [1.54, 1.807) is 0 Å². The molecule has 3 rings (SSSR count). The summed E-state index contributed by atoms with van der Waals surface area (Å²) < 4.78 is 0. The molecule has 0 radical (unpaired) electrons. The predicted octanol–water partition coefficient (Wildman–Crippen LogP) is 4.17. The van der Waals surface area contributed by atoms with Crippen LogP contribution in [0, 0.1) is 0 Å². The number of nitrogens with zero attached hydrogens (tertiary/aromatic N) is 1. The molecular formula is C17H19N3. The molecular weight excluding hydrogens is 246 g/mol. The minimum absolute atomic E-state index is 0.571. The van der Waals surface area contributed by atoms with Crippen molar-refractivity contribution in [2.45, 2.75) is 19.3 Å². The molecule has 1 unspecified atom stereocenters. The van der Waals surface area contributed by atoms with Crippen molar-refractivity contribution in [3.63, 3.8) is 0 Å². The first-order chi connectivity index (χ1) is 9.83. The van der Waals surface area contributed by atoms with Crippen LogP contribution in [-0.2, 0) is 0 Å². The second kappa shape index (κ2) is 5.78. The molecule has 3 heteroatoms. The Morgan fingerprint density at radius 2 is 2.00 bits per heavy atom. The number of H-pyrrole nitrogens is 1. The lowest BCUT2D eigenvalue weighted by Crippen LogP contribution is -2.05. The van der Waals surface area contributed by atoms with Gasteiger partial charge in [-0.3, -0.25) is 5.10 Å². The number of hydrogen-bond donors (Lipinski definition) is 2. The fourth-order valence-corrected chi connectivity index (χ4v) is 2.43. The molecule has 0 amide bonds. The summed E-state index contributed by atoms with van der Waals surface area (Å²) in [6, 6.07) is 16.9. The number of anilines is 1. The summed E-state index contributed by atoms with van der Waals surface area (Å²) in [6.45, 7) is 3.25. The van der Waals surface area contributed by atoms with Gasteiger partial charge in [0, 0.05) is 17.6 Å². The highest BCUT2D eigenvalue weighted by molar-refractivity contribution is 5.81. The third-order valence-electron chi connectivity index (χ3n) is 3.72. The number of aromatic nitrogens is 2. The van der Waals surface area contributed by atoms with Crippen molar-refractivity contribution < 1.29 is 0 Å². The molecule has 0 saturated carbocycles. The van der Waals surface area contributed by atoms with Gasteiger partial charge in [-0.25, -0.2) is 0 Å². The Kier molecular flexibility index (Phi) is 3.68. The van der Waals surface area contributed by atoms with Crippen LogP contribution >= 0.6 is 0 Å². The molecule has 2 aromatic carbocycles. The Bertz CT molecular complexity index is 673. The summed E-state index contributed by atoms with van der Waals surface area (Å²) in [6.07, 6.45) is 2.97. The first kappa shape index (κ1) is 12.7. The van der Waals surface area contributed by atoms with Crippen molar-refractivity contribution in [3.8, 4) is 0 Å². The van der Waals surface area contributed by atoms with Crippen molar-refractivity contribution in [2.24, 2.45) is 0 Å². The smallest absolute Gasteiger partial charge is 0.0651 e. The molecule has 0 saturated heterocycles. The molecule has 2 N–H and O–H groups in total. The number of hydrogen-bond acceptors (Lipinski definition) is 2. The topological polar surface area (TPSA) is 40.7 Å². The molecule has 1 aromatic heterocycles. The molecule has 3 nitrogen and oxygen atoms in total. The Morgan fingerprint density at radius 1 is 1.15 bits per heavy atom. The maximum Gasteiger partial charge on any atom is 0.0651 e. The summed E-state index contributed by atoms with van der Waals surface area (Å²) in [5, 5.41) is 11.6. The van der Waals surface area contributed by atoms with Crippen LogP contribution < -0.4 is 5.32 Å². The second-order valence-corrected chi connectivity index (χ2v) is 5.20. The quantitative estimate of drug-likeness (QED) is 0.727. The zero-order chi connectivity index (χ0) is 13.8. The first-order valence-corrected chi connectivity index (χ1v) is 7.05. The third-order valence-corrected chi connectivity index (χ3v) is 3.72. The normalized spacial score (nSPS) is 12.4. The molecule has 0 aliphatic rings. The van der Waals surface area contributed by atoms with Crippen LogP contribution in [-0.4, -0.2) is 16.7 Å². The van der Waals surface area contributed by atoms with Crippen LogP contribution in [0.3, 0.4) is 0 Å². The highest BCUT2D eigenvalue weighted by atomic mass is 15.1. The van der Waals surface area contributed by atoms with Gasteiger partial charge in [0.15, 0.2) is 0 Å². The van der Waals surface area contributed by atoms with Crippen LogP contribution in [0.5, 0.6) is 0 Å². The molecule has 1 atom stereocenters. The van der Waals surface area contributed by atoms with Crippen LogP contribution in [0.2, 0.25) is 0 Å². The van der Waals surface area contributed by atoms with Crippen molar-refractivity contribution in [1.82, 2.24) is 10.2 Å². The zero-order valence-corrected chi connectivity index (χ0v) is 11.6. The lowest BCUT2D eigenvalue weighted by molar-refractivity contribution is 0.706. The van der Waals surface area contributed by atoms with Gasteiger partial charge in [-0.05, 0) is 36.1 Å². The van der Waals surface area contributed by atoms with Crippen molar-refractivity contribution in [1.29, 1.82) is 0 Å². The molecule has 0 aliphatic heterocycles. The van der Waals surface area contributed by atoms with Gasteiger partial charge in [0.1, 0.15) is 0 Å². The van der Waals surface area contributed by atoms with Crippen LogP contribution in [0.1, 0.15) is 24.8 Å². The second-order valence-electron chi connectivity index (χ2n) is 5.20. The van der Waals surface area contributed by atoms with Gasteiger partial charge in [0.25, 0.3) is 0 Å². The monoisotopic (exact) mass is 265 g/mol. The van der Waals surface area contributed by atoms with Crippen LogP contribution in [0.15, 0.2) is 54.7 Å². The highest BCUT2D eigenvalue weighted by Gasteiger charge is 2.04. The Hall–Kier alpha value is -2.29. The summed E-state index contributed by atoms with van der Waals surface area (Å²) >= 11 is 0. The molecule has 102 valence electrons. The highest BCUT2D eigenvalue weighted by Crippen LogP contribution is 2.20. The van der Waals surface area contributed by atoms with Gasteiger partial charge in [-0.2, -0.15) is 5.10 Å². The summed E-state index contributed by atoms with van der Waals surface area (Å²) in [4.78, 5) is 0. The molecule has 0 spiro atoms. The Morgan fingerprint density at radius 3 is 2.85 bits per heavy atom. The summed E-state index contributed by atoms with van der Waals surface area (Å²) in [5.41, 5.74) is 3.63. The molecule has 0 fully saturated rings. The Balaban J connectivity index is 1.57. The van der Waals surface area contributed by atoms with E-state index in [4.69, 9.17) is 0 Å². The number of benzene rings is 2. The molecule has 20 heavy (non-hydrogen) atoms. The molecule has 3 aromatic rings. The van der Waals surface area contributed by atoms with E-state index in [1.807, 2.05) is 6.20 Å². The standard InChI is InChI=1S/C17H19N3/c1-13(14-5-3-2-4-6-14)9-10-18-16-7-8-17-15(11-16)12-19-20-17/h2-8,11-13,18H,9-10H2,1H3,(H,19,20). The molecule has 1 heterocycles. The Labute approximate surface area is 119 Å². The molecule has 0 bridgehead atoms. The van der Waals surface area contributed by atoms with Crippen molar-refractivity contribution in [2.75, 3.05) is 11.9 Å². The predicted molar refractivity (Wildman–Crippen MR) is 84.1 cm³/mol. The number of nitrogens with one attached hydrogen (secondary N) is 2. The van der Waals surface area contributed by atoms with E-state index in [9.17, 15) is 0 Å². The first-order valence-electron chi connectivity index (χ1n) is 7.05. The van der Waals surface area contributed by atoms with Gasteiger partial charge in [-0.1, -0.05) is 37.3 Å². The van der Waals surface area contributed by atoms with Crippen LogP contribution in [0.25, 0.3) is 10.9 Å². The minimum Gasteiger partial charge on any atom is -0.385 e. The van der Waals surface area contributed by atoms with E-state index in [0.29, 0.717) is 5.92 Å². The molecule has 0 aliphatic carbocycles. The van der Waals surface area contributed by atoms with Crippen molar-refractivity contribution in [3.05, 3.63) is 60.3 Å². The average Bonchev–Trinajstić information content (AvgIpc) is 2.95. The number of fused-ring (bicyclic) bond motifs is 1. The van der Waals surface area contributed by atoms with Gasteiger partial charge in [0.2, 0.25) is 0 Å². The fourth-order valence-electron chi connectivity index (χ4n) is 2.43. The van der Waals surface area contributed by atoms with E-state index >= 15 is 0 Å². The van der Waals surface area contributed by atoms with E-state index in [0.717, 1.165) is 29.6 Å². The number of aromatic amines is 1. The SMILES string of the molecule is CC(CCNc1ccc2[nH]ncc2c1)c1ccccc1. The minimum atomic E-state index is 0.571. The lowest BCUT2D eigenvalue weighted by atomic mass is 9.98. The lowest BCUT2D eigenvalue weighted by Gasteiger charge is -2.13.